The molecule has 0 spiro atoms. The van der Waals surface area contributed by atoms with E-state index in [9.17, 15) is 19.2 Å². The predicted molar refractivity (Wildman–Crippen MR) is 90.7 cm³/mol. The largest absolute Gasteiger partial charge is 0.481 e. The van der Waals surface area contributed by atoms with Crippen LogP contribution in [-0.4, -0.2) is 64.5 Å². The number of amides is 2. The zero-order valence-electron chi connectivity index (χ0n) is 13.9. The Bertz CT molecular complexity index is 727. The van der Waals surface area contributed by atoms with Gasteiger partial charge in [0.2, 0.25) is 5.91 Å². The second-order valence-corrected chi connectivity index (χ2v) is 5.30. The van der Waals surface area contributed by atoms with Crippen LogP contribution in [0.25, 0.3) is 0 Å². The van der Waals surface area contributed by atoms with Crippen LogP contribution >= 0.6 is 0 Å². The number of aliphatic imine (C=N–C) groups is 1. The number of carboxylic acid groups (broad SMARTS) is 2. The van der Waals surface area contributed by atoms with Crippen molar-refractivity contribution in [2.75, 3.05) is 13.6 Å². The average molecular weight is 365 g/mol. The number of hydrogen-bond acceptors (Lipinski definition) is 5. The molecule has 1 aromatic carbocycles. The fraction of sp³-hybridized carbons (Fsp3) is 0.267. The summed E-state index contributed by atoms with van der Waals surface area (Å²) in [6.07, 6.45) is -0.773. The highest BCUT2D eigenvalue weighted by atomic mass is 16.4. The van der Waals surface area contributed by atoms with Crippen molar-refractivity contribution < 1.29 is 29.4 Å². The fourth-order valence-electron chi connectivity index (χ4n) is 1.95. The second-order valence-electron chi connectivity index (χ2n) is 5.30. The molecule has 0 aliphatic heterocycles. The summed E-state index contributed by atoms with van der Waals surface area (Å²) < 4.78 is 0. The van der Waals surface area contributed by atoms with Gasteiger partial charge in [-0.25, -0.2) is 9.79 Å². The molecule has 0 fully saturated rings. The molecule has 11 heteroatoms. The van der Waals surface area contributed by atoms with E-state index in [0.29, 0.717) is 5.69 Å². The number of carbonyl (C=O) groups excluding carboxylic acids is 2. The van der Waals surface area contributed by atoms with E-state index < -0.39 is 42.8 Å². The van der Waals surface area contributed by atoms with E-state index in [2.05, 4.69) is 10.3 Å². The molecule has 0 unspecified atom stereocenters. The Balaban J connectivity index is 2.70. The minimum Gasteiger partial charge on any atom is -0.481 e. The average Bonchev–Trinajstić information content (AvgIpc) is 2.53. The van der Waals surface area contributed by atoms with Gasteiger partial charge in [0.25, 0.3) is 5.91 Å². The Hall–Kier alpha value is -3.63. The first kappa shape index (κ1) is 20.4. The monoisotopic (exact) mass is 365 g/mol. The van der Waals surface area contributed by atoms with E-state index in [0.717, 1.165) is 4.90 Å². The smallest absolute Gasteiger partial charge is 0.326 e. The molecule has 26 heavy (non-hydrogen) atoms. The quantitative estimate of drug-likeness (QED) is 0.278. The molecule has 2 amide bonds. The SMILES string of the molecule is CN(CC(=O)N[C@@H](CC(=O)O)C(=O)O)C(=O)c1ccc(N=C(N)N)cc1. The molecule has 140 valence electrons. The third kappa shape index (κ3) is 6.47. The predicted octanol–water partition coefficient (Wildman–Crippen LogP) is -1.29. The number of likely N-dealkylation sites (N-methyl/N-ethyl adjacent to an activating group) is 1. The topological polar surface area (TPSA) is 188 Å². The minimum absolute atomic E-state index is 0.132. The van der Waals surface area contributed by atoms with Crippen LogP contribution in [0, 0.1) is 0 Å². The van der Waals surface area contributed by atoms with Gasteiger partial charge in [-0.15, -0.1) is 0 Å². The number of hydrogen-bond donors (Lipinski definition) is 5. The van der Waals surface area contributed by atoms with Crippen molar-refractivity contribution in [3.05, 3.63) is 29.8 Å². The lowest BCUT2D eigenvalue weighted by molar-refractivity contribution is -0.147. The van der Waals surface area contributed by atoms with E-state index in [-0.39, 0.29) is 11.5 Å². The lowest BCUT2D eigenvalue weighted by atomic mass is 10.2. The van der Waals surface area contributed by atoms with Crippen LogP contribution in [0.3, 0.4) is 0 Å². The minimum atomic E-state index is -1.58. The van der Waals surface area contributed by atoms with Crippen molar-refractivity contribution in [2.24, 2.45) is 16.5 Å². The lowest BCUT2D eigenvalue weighted by Gasteiger charge is -2.19. The third-order valence-corrected chi connectivity index (χ3v) is 3.11. The highest BCUT2D eigenvalue weighted by Gasteiger charge is 2.24. The zero-order chi connectivity index (χ0) is 19.9. The molecule has 0 saturated carbocycles. The number of carboxylic acids is 2. The molecule has 0 bridgehead atoms. The normalized spacial score (nSPS) is 11.1. The van der Waals surface area contributed by atoms with E-state index in [1.165, 1.54) is 31.3 Å². The molecule has 0 radical (unpaired) electrons. The lowest BCUT2D eigenvalue weighted by Crippen LogP contribution is -2.46. The van der Waals surface area contributed by atoms with Gasteiger partial charge in [0.1, 0.15) is 6.04 Å². The summed E-state index contributed by atoms with van der Waals surface area (Å²) in [5.74, 6) is -4.28. The van der Waals surface area contributed by atoms with E-state index in [1.807, 2.05) is 0 Å². The Morgan fingerprint density at radius 1 is 1.15 bits per heavy atom. The van der Waals surface area contributed by atoms with Crippen LogP contribution in [0.1, 0.15) is 16.8 Å². The molecule has 0 saturated heterocycles. The van der Waals surface area contributed by atoms with Crippen LogP contribution in [0.5, 0.6) is 0 Å². The molecule has 0 aromatic heterocycles. The first-order valence-corrected chi connectivity index (χ1v) is 7.29. The van der Waals surface area contributed by atoms with Gasteiger partial charge < -0.3 is 31.9 Å². The van der Waals surface area contributed by atoms with Crippen LogP contribution in [0.4, 0.5) is 5.69 Å². The van der Waals surface area contributed by atoms with Gasteiger partial charge in [-0.1, -0.05) is 0 Å². The maximum absolute atomic E-state index is 12.3. The molecular formula is C15H19N5O6. The molecule has 1 atom stereocenters. The molecule has 1 rings (SSSR count). The first-order chi connectivity index (χ1) is 12.1. The molecule has 0 heterocycles. The molecule has 0 aliphatic rings. The van der Waals surface area contributed by atoms with Crippen LogP contribution < -0.4 is 16.8 Å². The van der Waals surface area contributed by atoms with Crippen molar-refractivity contribution in [3.63, 3.8) is 0 Å². The summed E-state index contributed by atoms with van der Waals surface area (Å²) in [6, 6.07) is 4.36. The Morgan fingerprint density at radius 2 is 1.73 bits per heavy atom. The molecular weight excluding hydrogens is 346 g/mol. The van der Waals surface area contributed by atoms with Gasteiger partial charge in [0.05, 0.1) is 18.7 Å². The number of benzene rings is 1. The Morgan fingerprint density at radius 3 is 2.19 bits per heavy atom. The van der Waals surface area contributed by atoms with Crippen LogP contribution in [0.15, 0.2) is 29.3 Å². The van der Waals surface area contributed by atoms with E-state index in [1.54, 1.807) is 0 Å². The van der Waals surface area contributed by atoms with Gasteiger partial charge in [-0.3, -0.25) is 14.4 Å². The van der Waals surface area contributed by atoms with E-state index in [4.69, 9.17) is 21.7 Å². The zero-order valence-corrected chi connectivity index (χ0v) is 13.9. The molecule has 1 aromatic rings. The van der Waals surface area contributed by atoms with Crippen LogP contribution in [0.2, 0.25) is 0 Å². The third-order valence-electron chi connectivity index (χ3n) is 3.11. The number of nitrogens with one attached hydrogen (secondary N) is 1. The van der Waals surface area contributed by atoms with E-state index >= 15 is 0 Å². The summed E-state index contributed by atoms with van der Waals surface area (Å²) >= 11 is 0. The number of nitrogens with zero attached hydrogens (tertiary/aromatic N) is 2. The van der Waals surface area contributed by atoms with Crippen LogP contribution in [-0.2, 0) is 14.4 Å². The number of guanidine groups is 1. The highest BCUT2D eigenvalue weighted by Crippen LogP contribution is 2.13. The summed E-state index contributed by atoms with van der Waals surface area (Å²) in [5.41, 5.74) is 11.2. The summed E-state index contributed by atoms with van der Waals surface area (Å²) in [6.45, 7) is -0.447. The molecule has 0 aliphatic carbocycles. The first-order valence-electron chi connectivity index (χ1n) is 7.29. The highest BCUT2D eigenvalue weighted by molar-refractivity contribution is 5.97. The van der Waals surface area contributed by atoms with Crippen molar-refractivity contribution in [1.29, 1.82) is 0 Å². The summed E-state index contributed by atoms with van der Waals surface area (Å²) in [5, 5.41) is 19.6. The maximum Gasteiger partial charge on any atom is 0.326 e. The summed E-state index contributed by atoms with van der Waals surface area (Å²) in [7, 11) is 1.35. The number of nitrogens with two attached hydrogens (primary N) is 2. The van der Waals surface area contributed by atoms with Gasteiger partial charge in [0, 0.05) is 12.6 Å². The van der Waals surface area contributed by atoms with Gasteiger partial charge in [-0.2, -0.15) is 0 Å². The number of aliphatic carboxylic acids is 2. The number of carbonyl (C=O) groups is 4. The summed E-state index contributed by atoms with van der Waals surface area (Å²) in [4.78, 5) is 50.5. The van der Waals surface area contributed by atoms with Crippen molar-refractivity contribution in [3.8, 4) is 0 Å². The Labute approximate surface area is 148 Å². The maximum atomic E-state index is 12.3. The van der Waals surface area contributed by atoms with Crippen molar-refractivity contribution >= 4 is 35.4 Å². The van der Waals surface area contributed by atoms with Crippen molar-refractivity contribution in [1.82, 2.24) is 10.2 Å². The molecule has 7 N–H and O–H groups in total. The van der Waals surface area contributed by atoms with Gasteiger partial charge in [-0.05, 0) is 24.3 Å². The van der Waals surface area contributed by atoms with Gasteiger partial charge >= 0.3 is 11.9 Å². The van der Waals surface area contributed by atoms with Crippen molar-refractivity contribution in [2.45, 2.75) is 12.5 Å². The van der Waals surface area contributed by atoms with Gasteiger partial charge in [0.15, 0.2) is 5.96 Å². The number of rotatable bonds is 8. The Kier molecular flexibility index (Phi) is 7.08. The fourth-order valence-corrected chi connectivity index (χ4v) is 1.95. The molecule has 11 nitrogen and oxygen atoms in total. The standard InChI is InChI=1S/C15H19N5O6/c1-20(7-11(21)19-10(14(25)26)6-12(22)23)13(24)8-2-4-9(5-3-8)18-15(16)17/h2-5,10H,6-7H2,1H3,(H,19,21)(H,22,23)(H,25,26)(H4,16,17,18)/t10-/m0/s1. The second kappa shape index (κ2) is 9.01.